The third-order valence-electron chi connectivity index (χ3n) is 3.31. The Kier molecular flexibility index (Phi) is 5.51. The van der Waals surface area contributed by atoms with Crippen LogP contribution in [0.5, 0.6) is 11.5 Å². The molecule has 24 heavy (non-hydrogen) atoms. The number of sulfonamides is 1. The van der Waals surface area contributed by atoms with E-state index in [0.717, 1.165) is 9.98 Å². The van der Waals surface area contributed by atoms with Crippen molar-refractivity contribution in [1.29, 1.82) is 0 Å². The first-order valence-electron chi connectivity index (χ1n) is 6.92. The lowest BCUT2D eigenvalue weighted by atomic mass is 10.2. The second-order valence-corrected chi connectivity index (χ2v) is 7.85. The van der Waals surface area contributed by atoms with Crippen molar-refractivity contribution in [3.8, 4) is 11.5 Å². The number of methoxy groups -OCH3 is 1. The van der Waals surface area contributed by atoms with Crippen LogP contribution in [0.15, 0.2) is 50.9 Å². The highest BCUT2D eigenvalue weighted by molar-refractivity contribution is 9.10. The van der Waals surface area contributed by atoms with E-state index < -0.39 is 10.0 Å². The number of ether oxygens (including phenoxy) is 1. The highest BCUT2D eigenvalue weighted by Crippen LogP contribution is 2.34. The lowest BCUT2D eigenvalue weighted by Gasteiger charge is -2.14. The molecule has 0 amide bonds. The van der Waals surface area contributed by atoms with Crippen molar-refractivity contribution in [3.63, 3.8) is 0 Å². The van der Waals surface area contributed by atoms with Crippen molar-refractivity contribution in [1.82, 2.24) is 4.41 Å². The van der Waals surface area contributed by atoms with Crippen LogP contribution in [0.3, 0.4) is 0 Å². The SMILES string of the molecule is COc1cc(/C=N/N(C)S(=O)(=O)c2ccc(C)cc2)cc(Br)c1O. The maximum absolute atomic E-state index is 12.4. The minimum atomic E-state index is -3.72. The summed E-state index contributed by atoms with van der Waals surface area (Å²) in [6, 6.07) is 9.69. The van der Waals surface area contributed by atoms with Crippen molar-refractivity contribution in [2.24, 2.45) is 5.10 Å². The van der Waals surface area contributed by atoms with E-state index in [-0.39, 0.29) is 16.4 Å². The second kappa shape index (κ2) is 7.23. The number of phenolic OH excluding ortho intramolecular Hbond substituents is 1. The molecule has 2 rings (SSSR count). The summed E-state index contributed by atoms with van der Waals surface area (Å²) in [5, 5.41) is 13.8. The van der Waals surface area contributed by atoms with Crippen LogP contribution >= 0.6 is 15.9 Å². The molecule has 6 nitrogen and oxygen atoms in total. The summed E-state index contributed by atoms with van der Waals surface area (Å²) in [7, 11) is -0.930. The number of hydrogen-bond donors (Lipinski definition) is 1. The lowest BCUT2D eigenvalue weighted by Crippen LogP contribution is -2.21. The molecule has 0 saturated carbocycles. The molecule has 128 valence electrons. The first kappa shape index (κ1) is 18.3. The molecule has 0 bridgehead atoms. The predicted octanol–water partition coefficient (Wildman–Crippen LogP) is 3.13. The summed E-state index contributed by atoms with van der Waals surface area (Å²) < 4.78 is 31.3. The number of nitrogens with zero attached hydrogens (tertiary/aromatic N) is 2. The molecule has 0 unspecified atom stereocenters. The molecular formula is C16H17BrN2O4S. The average Bonchev–Trinajstić information content (AvgIpc) is 2.55. The number of halogens is 1. The van der Waals surface area contributed by atoms with Gasteiger partial charge in [0.1, 0.15) is 0 Å². The van der Waals surface area contributed by atoms with E-state index in [1.165, 1.54) is 32.5 Å². The Balaban J connectivity index is 2.28. The average molecular weight is 413 g/mol. The zero-order chi connectivity index (χ0) is 17.9. The van der Waals surface area contributed by atoms with E-state index >= 15 is 0 Å². The maximum Gasteiger partial charge on any atom is 0.278 e. The molecule has 0 heterocycles. The van der Waals surface area contributed by atoms with Crippen molar-refractivity contribution in [2.45, 2.75) is 11.8 Å². The van der Waals surface area contributed by atoms with Crippen LogP contribution in [0.25, 0.3) is 0 Å². The maximum atomic E-state index is 12.4. The third kappa shape index (κ3) is 3.88. The molecule has 0 radical (unpaired) electrons. The monoisotopic (exact) mass is 412 g/mol. The first-order chi connectivity index (χ1) is 11.3. The van der Waals surface area contributed by atoms with Crippen LogP contribution in [0.2, 0.25) is 0 Å². The molecule has 0 atom stereocenters. The second-order valence-electron chi connectivity index (χ2n) is 5.05. The fraction of sp³-hybridized carbons (Fsp3) is 0.188. The van der Waals surface area contributed by atoms with Crippen molar-refractivity contribution < 1.29 is 18.3 Å². The molecule has 0 aromatic heterocycles. The summed E-state index contributed by atoms with van der Waals surface area (Å²) in [6.45, 7) is 1.88. The molecule has 0 aliphatic heterocycles. The fourth-order valence-electron chi connectivity index (χ4n) is 1.90. The summed E-state index contributed by atoms with van der Waals surface area (Å²) in [5.74, 6) is 0.227. The number of rotatable bonds is 5. The lowest BCUT2D eigenvalue weighted by molar-refractivity contribution is 0.372. The van der Waals surface area contributed by atoms with E-state index in [1.807, 2.05) is 6.92 Å². The van der Waals surface area contributed by atoms with Crippen LogP contribution in [-0.4, -0.2) is 38.3 Å². The van der Waals surface area contributed by atoms with Gasteiger partial charge in [0.05, 0.1) is 22.7 Å². The summed E-state index contributed by atoms with van der Waals surface area (Å²) in [4.78, 5) is 0.164. The molecule has 0 saturated heterocycles. The summed E-state index contributed by atoms with van der Waals surface area (Å²) in [6.07, 6.45) is 1.37. The first-order valence-corrected chi connectivity index (χ1v) is 9.15. The minimum absolute atomic E-state index is 0.0321. The molecule has 0 spiro atoms. The number of hydrazone groups is 1. The summed E-state index contributed by atoms with van der Waals surface area (Å²) in [5.41, 5.74) is 1.55. The number of aromatic hydroxyl groups is 1. The molecular weight excluding hydrogens is 396 g/mol. The van der Waals surface area contributed by atoms with Gasteiger partial charge in [-0.3, -0.25) is 0 Å². The van der Waals surface area contributed by atoms with Crippen LogP contribution in [-0.2, 0) is 10.0 Å². The van der Waals surface area contributed by atoms with Gasteiger partial charge in [0.25, 0.3) is 10.0 Å². The smallest absolute Gasteiger partial charge is 0.278 e. The van der Waals surface area contributed by atoms with Gasteiger partial charge in [0, 0.05) is 7.05 Å². The van der Waals surface area contributed by atoms with E-state index in [9.17, 15) is 13.5 Å². The molecule has 0 aliphatic rings. The zero-order valence-corrected chi connectivity index (χ0v) is 15.8. The number of hydrogen-bond acceptors (Lipinski definition) is 5. The van der Waals surface area contributed by atoms with Gasteiger partial charge in [0.15, 0.2) is 11.5 Å². The minimum Gasteiger partial charge on any atom is -0.503 e. The predicted molar refractivity (Wildman–Crippen MR) is 96.1 cm³/mol. The van der Waals surface area contributed by atoms with Crippen molar-refractivity contribution >= 4 is 32.2 Å². The highest BCUT2D eigenvalue weighted by Gasteiger charge is 2.18. The van der Waals surface area contributed by atoms with Gasteiger partial charge >= 0.3 is 0 Å². The van der Waals surface area contributed by atoms with E-state index in [2.05, 4.69) is 21.0 Å². The fourth-order valence-corrected chi connectivity index (χ4v) is 3.31. The highest BCUT2D eigenvalue weighted by atomic mass is 79.9. The van der Waals surface area contributed by atoms with Gasteiger partial charge in [0.2, 0.25) is 0 Å². The largest absolute Gasteiger partial charge is 0.503 e. The van der Waals surface area contributed by atoms with E-state index in [0.29, 0.717) is 10.0 Å². The third-order valence-corrected chi connectivity index (χ3v) is 5.57. The molecule has 1 N–H and O–H groups in total. The van der Waals surface area contributed by atoms with Crippen LogP contribution < -0.4 is 4.74 Å². The Labute approximate surface area is 149 Å². The number of benzene rings is 2. The Hall–Kier alpha value is -2.06. The van der Waals surface area contributed by atoms with Gasteiger partial charge in [-0.2, -0.15) is 17.9 Å². The van der Waals surface area contributed by atoms with E-state index in [4.69, 9.17) is 4.74 Å². The Bertz CT molecular complexity index is 864. The Morgan fingerprint density at radius 1 is 1.25 bits per heavy atom. The topological polar surface area (TPSA) is 79.2 Å². The number of aryl methyl sites for hydroxylation is 1. The van der Waals surface area contributed by atoms with Gasteiger partial charge in [-0.25, -0.2) is 0 Å². The van der Waals surface area contributed by atoms with Crippen molar-refractivity contribution in [3.05, 3.63) is 52.0 Å². The number of phenols is 1. The van der Waals surface area contributed by atoms with Gasteiger partial charge in [-0.1, -0.05) is 17.7 Å². The molecule has 0 fully saturated rings. The Morgan fingerprint density at radius 3 is 2.46 bits per heavy atom. The molecule has 0 aliphatic carbocycles. The van der Waals surface area contributed by atoms with Gasteiger partial charge < -0.3 is 9.84 Å². The molecule has 2 aromatic carbocycles. The molecule has 8 heteroatoms. The van der Waals surface area contributed by atoms with Crippen LogP contribution in [0, 0.1) is 6.92 Å². The zero-order valence-electron chi connectivity index (χ0n) is 13.4. The van der Waals surface area contributed by atoms with Crippen molar-refractivity contribution in [2.75, 3.05) is 14.2 Å². The summed E-state index contributed by atoms with van der Waals surface area (Å²) >= 11 is 3.20. The van der Waals surface area contributed by atoms with Crippen LogP contribution in [0.1, 0.15) is 11.1 Å². The molecule has 2 aromatic rings. The van der Waals surface area contributed by atoms with Gasteiger partial charge in [-0.15, -0.1) is 0 Å². The van der Waals surface area contributed by atoms with E-state index in [1.54, 1.807) is 24.3 Å². The quantitative estimate of drug-likeness (QED) is 0.604. The Morgan fingerprint density at radius 2 is 1.88 bits per heavy atom. The standard InChI is InChI=1S/C16H17BrN2O4S/c1-11-4-6-13(7-5-11)24(21,22)19(2)18-10-12-8-14(17)16(20)15(9-12)23-3/h4-10,20H,1-3H3/b18-10+. The normalized spacial score (nSPS) is 11.7. The van der Waals surface area contributed by atoms with Crippen LogP contribution in [0.4, 0.5) is 0 Å². The van der Waals surface area contributed by atoms with Gasteiger partial charge in [-0.05, 0) is 52.7 Å².